The van der Waals surface area contributed by atoms with Crippen LogP contribution in [0.4, 0.5) is 11.6 Å². The van der Waals surface area contributed by atoms with E-state index in [0.717, 1.165) is 17.1 Å². The molecule has 3 heterocycles. The summed E-state index contributed by atoms with van der Waals surface area (Å²) >= 11 is 12.2. The van der Waals surface area contributed by atoms with Crippen LogP contribution in [-0.2, 0) is 10.2 Å². The highest BCUT2D eigenvalue weighted by molar-refractivity contribution is 7.90. The number of pyridine rings is 1. The van der Waals surface area contributed by atoms with E-state index in [1.165, 1.54) is 16.4 Å². The Kier molecular flexibility index (Phi) is 7.01. The second-order valence-electron chi connectivity index (χ2n) is 8.11. The number of amides is 1. The number of hydrogen-bond acceptors (Lipinski definition) is 6. The molecular formula is C21H24Cl2N4O5S. The molecule has 12 heteroatoms. The van der Waals surface area contributed by atoms with Crippen molar-refractivity contribution in [1.82, 2.24) is 9.29 Å². The molecule has 1 aromatic carbocycles. The van der Waals surface area contributed by atoms with E-state index >= 15 is 0 Å². The molecule has 9 nitrogen and oxygen atoms in total. The van der Waals surface area contributed by atoms with Crippen LogP contribution in [0.1, 0.15) is 30.1 Å². The van der Waals surface area contributed by atoms with Gasteiger partial charge in [0.1, 0.15) is 11.9 Å². The summed E-state index contributed by atoms with van der Waals surface area (Å²) < 4.78 is 35.2. The number of fused-ring (bicyclic) bond motifs is 1. The quantitative estimate of drug-likeness (QED) is 0.633. The van der Waals surface area contributed by atoms with Gasteiger partial charge in [-0.25, -0.2) is 9.29 Å². The van der Waals surface area contributed by atoms with Crippen LogP contribution in [0.2, 0.25) is 10.0 Å². The van der Waals surface area contributed by atoms with Gasteiger partial charge in [0.2, 0.25) is 0 Å². The molecule has 1 unspecified atom stereocenters. The lowest BCUT2D eigenvalue weighted by molar-refractivity contribution is 0.102. The van der Waals surface area contributed by atoms with Gasteiger partial charge in [0.25, 0.3) is 5.91 Å². The van der Waals surface area contributed by atoms with Crippen LogP contribution >= 0.6 is 23.2 Å². The maximum atomic E-state index is 13.5. The molecule has 2 aromatic rings. The lowest BCUT2D eigenvalue weighted by Crippen LogP contribution is -2.52. The zero-order valence-corrected chi connectivity index (χ0v) is 20.2. The highest BCUT2D eigenvalue weighted by Gasteiger charge is 2.39. The molecule has 1 amide bonds. The summed E-state index contributed by atoms with van der Waals surface area (Å²) in [6.07, 6.45) is 0.796. The number of anilines is 2. The molecule has 2 aliphatic rings. The van der Waals surface area contributed by atoms with Gasteiger partial charge in [-0.05, 0) is 43.0 Å². The predicted molar refractivity (Wildman–Crippen MR) is 126 cm³/mol. The fraction of sp³-hybridized carbons (Fsp3) is 0.429. The first-order valence-electron chi connectivity index (χ1n) is 10.5. The van der Waals surface area contributed by atoms with Gasteiger partial charge in [-0.3, -0.25) is 4.79 Å². The van der Waals surface area contributed by atoms with Crippen molar-refractivity contribution in [2.45, 2.75) is 25.9 Å². The summed E-state index contributed by atoms with van der Waals surface area (Å²) in [5, 5.41) is 12.6. The average Bonchev–Trinajstić information content (AvgIpc) is 2.78. The van der Waals surface area contributed by atoms with Gasteiger partial charge in [-0.2, -0.15) is 12.7 Å². The zero-order chi connectivity index (χ0) is 23.8. The summed E-state index contributed by atoms with van der Waals surface area (Å²) in [6.45, 7) is 2.45. The second kappa shape index (κ2) is 9.63. The number of aromatic nitrogens is 1. The lowest BCUT2D eigenvalue weighted by Gasteiger charge is -2.38. The van der Waals surface area contributed by atoms with Crippen molar-refractivity contribution in [3.8, 4) is 5.75 Å². The Morgan fingerprint density at radius 1 is 1.21 bits per heavy atom. The molecule has 4 rings (SSSR count). The van der Waals surface area contributed by atoms with E-state index < -0.39 is 22.2 Å². The van der Waals surface area contributed by atoms with Crippen LogP contribution in [0.5, 0.6) is 5.75 Å². The fourth-order valence-corrected chi connectivity index (χ4v) is 6.04. The number of nitrogens with one attached hydrogen (secondary N) is 1. The van der Waals surface area contributed by atoms with E-state index in [-0.39, 0.29) is 46.1 Å². The lowest BCUT2D eigenvalue weighted by atomic mass is 10.0. The molecule has 1 aromatic heterocycles. The summed E-state index contributed by atoms with van der Waals surface area (Å²) in [5.41, 5.74) is 0.0869. The fourth-order valence-electron chi connectivity index (χ4n) is 3.81. The van der Waals surface area contributed by atoms with E-state index in [4.69, 9.17) is 27.9 Å². The Morgan fingerprint density at radius 3 is 2.52 bits per heavy atom. The second-order valence-corrected chi connectivity index (χ2v) is 10.8. The molecule has 1 atom stereocenters. The number of aliphatic hydroxyl groups is 1. The van der Waals surface area contributed by atoms with Gasteiger partial charge in [0, 0.05) is 13.1 Å². The van der Waals surface area contributed by atoms with Crippen molar-refractivity contribution >= 4 is 51.0 Å². The Hall–Kier alpha value is -2.11. The van der Waals surface area contributed by atoms with E-state index in [1.54, 1.807) is 18.2 Å². The first-order valence-corrected chi connectivity index (χ1v) is 12.7. The Bertz CT molecular complexity index is 1140. The Labute approximate surface area is 202 Å². The van der Waals surface area contributed by atoms with Crippen molar-refractivity contribution in [1.29, 1.82) is 0 Å². The minimum atomic E-state index is -3.92. The molecule has 2 N–H and O–H groups in total. The number of ether oxygens (including phenoxy) is 1. The van der Waals surface area contributed by atoms with Crippen molar-refractivity contribution in [2.24, 2.45) is 5.92 Å². The normalized spacial score (nSPS) is 19.6. The molecule has 0 aliphatic carbocycles. The predicted octanol–water partition coefficient (Wildman–Crippen LogP) is 3.18. The maximum Gasteiger partial charge on any atom is 0.305 e. The summed E-state index contributed by atoms with van der Waals surface area (Å²) in [7, 11) is -3.92. The van der Waals surface area contributed by atoms with Crippen molar-refractivity contribution in [2.75, 3.05) is 35.9 Å². The molecule has 178 valence electrons. The van der Waals surface area contributed by atoms with Crippen LogP contribution in [0.3, 0.4) is 0 Å². The number of aliphatic hydroxyl groups excluding tert-OH is 1. The van der Waals surface area contributed by atoms with Crippen molar-refractivity contribution in [3.05, 3.63) is 45.9 Å². The third-order valence-corrected chi connectivity index (χ3v) is 8.25. The third kappa shape index (κ3) is 4.90. The number of carbonyl (C=O) groups excluding carboxylic acids is 1. The number of benzene rings is 1. The standard InChI is InChI=1S/C21H24Cl2N4O5S/c1-13-7-9-26(10-8-13)33(30,31)27-11-14(12-28)32-17-5-6-18(24-20(17)27)25-21(29)19-15(22)3-2-4-16(19)23/h2-6,13-14,28H,7-12H2,1H3,(H,24,25,29). The minimum Gasteiger partial charge on any atom is -0.482 e. The van der Waals surface area contributed by atoms with Crippen LogP contribution in [0, 0.1) is 5.92 Å². The monoisotopic (exact) mass is 514 g/mol. The van der Waals surface area contributed by atoms with Crippen LogP contribution < -0.4 is 14.4 Å². The Balaban J connectivity index is 1.66. The molecule has 2 aliphatic heterocycles. The molecule has 1 saturated heterocycles. The summed E-state index contributed by atoms with van der Waals surface area (Å²) in [4.78, 5) is 17.1. The number of piperidine rings is 1. The summed E-state index contributed by atoms with van der Waals surface area (Å²) in [6, 6.07) is 7.69. The SMILES string of the molecule is CC1CCN(S(=O)(=O)N2CC(CO)Oc3ccc(NC(=O)c4c(Cl)cccc4Cl)nc32)CC1. The largest absolute Gasteiger partial charge is 0.482 e. The number of carbonyl (C=O) groups is 1. The number of rotatable bonds is 5. The van der Waals surface area contributed by atoms with Gasteiger partial charge in [-0.15, -0.1) is 0 Å². The van der Waals surface area contributed by atoms with E-state index in [9.17, 15) is 18.3 Å². The smallest absolute Gasteiger partial charge is 0.305 e. The van der Waals surface area contributed by atoms with E-state index in [2.05, 4.69) is 17.2 Å². The van der Waals surface area contributed by atoms with Crippen LogP contribution in [0.25, 0.3) is 0 Å². The number of hydrogen-bond donors (Lipinski definition) is 2. The summed E-state index contributed by atoms with van der Waals surface area (Å²) in [5.74, 6) is 0.218. The maximum absolute atomic E-state index is 13.5. The van der Waals surface area contributed by atoms with E-state index in [0.29, 0.717) is 19.0 Å². The van der Waals surface area contributed by atoms with Gasteiger partial charge in [-0.1, -0.05) is 36.2 Å². The number of halogens is 2. The third-order valence-electron chi connectivity index (χ3n) is 5.72. The van der Waals surface area contributed by atoms with Crippen molar-refractivity contribution in [3.63, 3.8) is 0 Å². The number of nitrogens with zero attached hydrogens (tertiary/aromatic N) is 3. The zero-order valence-electron chi connectivity index (χ0n) is 17.9. The molecule has 0 bridgehead atoms. The highest BCUT2D eigenvalue weighted by Crippen LogP contribution is 2.36. The molecule has 1 fully saturated rings. The van der Waals surface area contributed by atoms with Crippen LogP contribution in [-0.4, -0.2) is 61.1 Å². The molecule has 0 saturated carbocycles. The van der Waals surface area contributed by atoms with Crippen molar-refractivity contribution < 1.29 is 23.1 Å². The molecular weight excluding hydrogens is 491 g/mol. The van der Waals surface area contributed by atoms with Gasteiger partial charge >= 0.3 is 10.2 Å². The van der Waals surface area contributed by atoms with Gasteiger partial charge in [0.15, 0.2) is 11.6 Å². The minimum absolute atomic E-state index is 0.0429. The average molecular weight is 515 g/mol. The van der Waals surface area contributed by atoms with Gasteiger partial charge < -0.3 is 15.2 Å². The molecule has 0 spiro atoms. The Morgan fingerprint density at radius 2 is 1.88 bits per heavy atom. The first-order chi connectivity index (χ1) is 15.7. The topological polar surface area (TPSA) is 112 Å². The highest BCUT2D eigenvalue weighted by atomic mass is 35.5. The molecule has 33 heavy (non-hydrogen) atoms. The first kappa shape index (κ1) is 24.0. The molecule has 0 radical (unpaired) electrons. The van der Waals surface area contributed by atoms with E-state index in [1.807, 2.05) is 0 Å². The van der Waals surface area contributed by atoms with Crippen LogP contribution in [0.15, 0.2) is 30.3 Å². The van der Waals surface area contributed by atoms with Gasteiger partial charge in [0.05, 0.1) is 28.8 Å².